The molecule has 0 saturated heterocycles. The molecular formula is C27H28FNO2. The smallest absolute Gasteiger partial charge is 0.253 e. The first kappa shape index (κ1) is 22.4. The lowest BCUT2D eigenvalue weighted by molar-refractivity contribution is -0.114. The zero-order valence-corrected chi connectivity index (χ0v) is 18.6. The highest BCUT2D eigenvalue weighted by atomic mass is 19.1. The van der Waals surface area contributed by atoms with E-state index in [0.29, 0.717) is 12.8 Å². The molecule has 0 spiro atoms. The van der Waals surface area contributed by atoms with Crippen molar-refractivity contribution in [2.24, 2.45) is 7.05 Å². The highest BCUT2D eigenvalue weighted by Gasteiger charge is 2.17. The van der Waals surface area contributed by atoms with Gasteiger partial charge in [-0.1, -0.05) is 31.7 Å². The summed E-state index contributed by atoms with van der Waals surface area (Å²) in [6, 6.07) is 11.0. The van der Waals surface area contributed by atoms with Crippen LogP contribution in [0.25, 0.3) is 11.1 Å². The molecule has 0 fully saturated rings. The average molecular weight is 418 g/mol. The van der Waals surface area contributed by atoms with Crippen molar-refractivity contribution in [3.63, 3.8) is 0 Å². The molecule has 0 N–H and O–H groups in total. The molecule has 0 saturated carbocycles. The SMILES string of the molecule is C=CC(=O)Cc1cccc(Cc2c(C)cc(F)cc2C)c1-c1cc(CC)c(=O)n(C)c1. The number of hydrogen-bond donors (Lipinski definition) is 0. The van der Waals surface area contributed by atoms with Crippen LogP contribution in [0.15, 0.2) is 60.0 Å². The molecule has 0 aliphatic rings. The summed E-state index contributed by atoms with van der Waals surface area (Å²) < 4.78 is 15.4. The second-order valence-electron chi connectivity index (χ2n) is 8.02. The van der Waals surface area contributed by atoms with Crippen LogP contribution < -0.4 is 5.56 Å². The van der Waals surface area contributed by atoms with Crippen molar-refractivity contribution >= 4 is 5.78 Å². The molecule has 4 heteroatoms. The number of benzene rings is 2. The van der Waals surface area contributed by atoms with Crippen LogP contribution in [-0.2, 0) is 31.1 Å². The van der Waals surface area contributed by atoms with E-state index in [-0.39, 0.29) is 23.6 Å². The Morgan fingerprint density at radius 1 is 1.10 bits per heavy atom. The summed E-state index contributed by atoms with van der Waals surface area (Å²) >= 11 is 0. The Morgan fingerprint density at radius 2 is 1.74 bits per heavy atom. The zero-order valence-electron chi connectivity index (χ0n) is 18.6. The average Bonchev–Trinajstić information content (AvgIpc) is 2.72. The number of carbonyl (C=O) groups excluding carboxylic acids is 1. The summed E-state index contributed by atoms with van der Waals surface area (Å²) in [6.45, 7) is 9.39. The van der Waals surface area contributed by atoms with Gasteiger partial charge in [0, 0.05) is 25.2 Å². The molecule has 1 heterocycles. The first-order valence-electron chi connectivity index (χ1n) is 10.5. The van der Waals surface area contributed by atoms with Crippen molar-refractivity contribution in [2.45, 2.75) is 40.0 Å². The van der Waals surface area contributed by atoms with Crippen LogP contribution >= 0.6 is 0 Å². The molecule has 0 amide bonds. The lowest BCUT2D eigenvalue weighted by Gasteiger charge is -2.18. The van der Waals surface area contributed by atoms with Gasteiger partial charge in [-0.05, 0) is 89.9 Å². The molecule has 0 atom stereocenters. The Bertz CT molecular complexity index is 1200. The molecule has 1 aromatic heterocycles. The first-order chi connectivity index (χ1) is 14.7. The number of aryl methyl sites for hydroxylation is 4. The third-order valence-electron chi connectivity index (χ3n) is 5.78. The highest BCUT2D eigenvalue weighted by Crippen LogP contribution is 2.32. The summed E-state index contributed by atoms with van der Waals surface area (Å²) in [6.07, 6.45) is 4.63. The quantitative estimate of drug-likeness (QED) is 0.492. The van der Waals surface area contributed by atoms with E-state index in [2.05, 4.69) is 6.58 Å². The van der Waals surface area contributed by atoms with Crippen LogP contribution in [0.4, 0.5) is 4.39 Å². The van der Waals surface area contributed by atoms with Crippen LogP contribution in [0.1, 0.15) is 40.3 Å². The molecule has 0 aliphatic heterocycles. The van der Waals surface area contributed by atoms with E-state index in [1.54, 1.807) is 23.7 Å². The van der Waals surface area contributed by atoms with E-state index in [1.165, 1.54) is 6.08 Å². The minimum Gasteiger partial charge on any atom is -0.318 e. The van der Waals surface area contributed by atoms with Gasteiger partial charge in [0.2, 0.25) is 0 Å². The van der Waals surface area contributed by atoms with E-state index >= 15 is 0 Å². The minimum atomic E-state index is -0.241. The van der Waals surface area contributed by atoms with Gasteiger partial charge in [-0.25, -0.2) is 4.39 Å². The fourth-order valence-electron chi connectivity index (χ4n) is 4.16. The maximum atomic E-state index is 13.8. The highest BCUT2D eigenvalue weighted by molar-refractivity contribution is 5.92. The van der Waals surface area contributed by atoms with E-state index in [4.69, 9.17) is 0 Å². The molecule has 2 aromatic carbocycles. The lowest BCUT2D eigenvalue weighted by atomic mass is 9.87. The molecule has 31 heavy (non-hydrogen) atoms. The molecule has 3 nitrogen and oxygen atoms in total. The van der Waals surface area contributed by atoms with E-state index in [9.17, 15) is 14.0 Å². The second-order valence-corrected chi connectivity index (χ2v) is 8.02. The number of rotatable bonds is 7. The Hall–Kier alpha value is -3.27. The Labute approximate surface area is 182 Å². The number of aromatic nitrogens is 1. The third kappa shape index (κ3) is 4.74. The molecular weight excluding hydrogens is 389 g/mol. The van der Waals surface area contributed by atoms with Gasteiger partial charge in [0.1, 0.15) is 5.82 Å². The van der Waals surface area contributed by atoms with Crippen molar-refractivity contribution in [1.82, 2.24) is 4.57 Å². The fraction of sp³-hybridized carbons (Fsp3) is 0.259. The summed E-state index contributed by atoms with van der Waals surface area (Å²) in [7, 11) is 1.75. The van der Waals surface area contributed by atoms with Gasteiger partial charge in [0.25, 0.3) is 5.56 Å². The van der Waals surface area contributed by atoms with Crippen molar-refractivity contribution in [3.05, 3.63) is 105 Å². The Morgan fingerprint density at radius 3 is 2.35 bits per heavy atom. The van der Waals surface area contributed by atoms with Gasteiger partial charge in [-0.2, -0.15) is 0 Å². The maximum Gasteiger partial charge on any atom is 0.253 e. The predicted octanol–water partition coefficient (Wildman–Crippen LogP) is 5.26. The van der Waals surface area contributed by atoms with Gasteiger partial charge in [0.05, 0.1) is 0 Å². The number of ketones is 1. The molecule has 160 valence electrons. The lowest BCUT2D eigenvalue weighted by Crippen LogP contribution is -2.20. The van der Waals surface area contributed by atoms with Crippen molar-refractivity contribution < 1.29 is 9.18 Å². The summed E-state index contributed by atoms with van der Waals surface area (Å²) in [5.41, 5.74) is 7.34. The third-order valence-corrected chi connectivity index (χ3v) is 5.78. The van der Waals surface area contributed by atoms with Gasteiger partial charge in [-0.3, -0.25) is 9.59 Å². The summed E-state index contributed by atoms with van der Waals surface area (Å²) in [5.74, 6) is -0.303. The van der Waals surface area contributed by atoms with Gasteiger partial charge < -0.3 is 4.57 Å². The van der Waals surface area contributed by atoms with Crippen molar-refractivity contribution in [2.75, 3.05) is 0 Å². The zero-order chi connectivity index (χ0) is 22.7. The summed E-state index contributed by atoms with van der Waals surface area (Å²) in [5, 5.41) is 0. The second kappa shape index (κ2) is 9.25. The predicted molar refractivity (Wildman–Crippen MR) is 124 cm³/mol. The number of carbonyl (C=O) groups is 1. The normalized spacial score (nSPS) is 10.9. The molecule has 0 aliphatic carbocycles. The molecule has 3 aromatic rings. The van der Waals surface area contributed by atoms with Crippen molar-refractivity contribution in [1.29, 1.82) is 0 Å². The van der Waals surface area contributed by atoms with Crippen LogP contribution in [0, 0.1) is 19.7 Å². The fourth-order valence-corrected chi connectivity index (χ4v) is 4.16. The van der Waals surface area contributed by atoms with Crippen LogP contribution in [0.3, 0.4) is 0 Å². The standard InChI is InChI=1S/C27H28FNO2/c1-6-19-13-22(16-29(5)27(19)31)26-20(14-24(30)7-2)9-8-10-21(26)15-25-17(3)11-23(28)12-18(25)4/h7-13,16H,2,6,14-15H2,1,3-5H3. The topological polar surface area (TPSA) is 39.1 Å². The summed E-state index contributed by atoms with van der Waals surface area (Å²) in [4.78, 5) is 24.7. The molecule has 0 bridgehead atoms. The van der Waals surface area contributed by atoms with E-state index in [1.807, 2.05) is 51.2 Å². The monoisotopic (exact) mass is 417 g/mol. The number of allylic oxidation sites excluding steroid dienone is 1. The Kier molecular flexibility index (Phi) is 6.69. The van der Waals surface area contributed by atoms with Crippen molar-refractivity contribution in [3.8, 4) is 11.1 Å². The number of pyridine rings is 1. The number of hydrogen-bond acceptors (Lipinski definition) is 2. The van der Waals surface area contributed by atoms with Gasteiger partial charge >= 0.3 is 0 Å². The van der Waals surface area contributed by atoms with E-state index in [0.717, 1.165) is 44.5 Å². The number of nitrogens with zero attached hydrogens (tertiary/aromatic N) is 1. The maximum absolute atomic E-state index is 13.8. The van der Waals surface area contributed by atoms with Crippen LogP contribution in [0.5, 0.6) is 0 Å². The number of halogens is 1. The molecule has 0 unspecified atom stereocenters. The minimum absolute atomic E-state index is 0.0160. The van der Waals surface area contributed by atoms with Crippen LogP contribution in [-0.4, -0.2) is 10.4 Å². The Balaban J connectivity index is 2.25. The molecule has 3 rings (SSSR count). The molecule has 0 radical (unpaired) electrons. The largest absolute Gasteiger partial charge is 0.318 e. The van der Waals surface area contributed by atoms with Crippen LogP contribution in [0.2, 0.25) is 0 Å². The van der Waals surface area contributed by atoms with Gasteiger partial charge in [-0.15, -0.1) is 0 Å². The van der Waals surface area contributed by atoms with Gasteiger partial charge in [0.15, 0.2) is 5.78 Å². The first-order valence-corrected chi connectivity index (χ1v) is 10.5. The van der Waals surface area contributed by atoms with E-state index < -0.39 is 0 Å².